The lowest BCUT2D eigenvalue weighted by Crippen LogP contribution is -2.22. The first-order valence-corrected chi connectivity index (χ1v) is 2.78. The van der Waals surface area contributed by atoms with Crippen LogP contribution in [0.2, 0.25) is 0 Å². The number of hydrogen-bond donors (Lipinski definition) is 4. The van der Waals surface area contributed by atoms with Crippen LogP contribution in [0.4, 0.5) is 0 Å². The van der Waals surface area contributed by atoms with Crippen LogP contribution in [0.15, 0.2) is 11.2 Å². The van der Waals surface area contributed by atoms with Crippen molar-refractivity contribution in [3.05, 3.63) is 11.2 Å². The molecule has 0 bridgehead atoms. The van der Waals surface area contributed by atoms with Gasteiger partial charge in [0.1, 0.15) is 0 Å². The number of allylic oxidation sites excluding steroid dienone is 2. The zero-order valence-electron chi connectivity index (χ0n) is 5.92. The lowest BCUT2D eigenvalue weighted by molar-refractivity contribution is 0.393. The van der Waals surface area contributed by atoms with E-state index in [4.69, 9.17) is 20.6 Å². The van der Waals surface area contributed by atoms with Gasteiger partial charge in [-0.05, 0) is 13.8 Å². The van der Waals surface area contributed by atoms with Crippen LogP contribution in [-0.2, 0) is 0 Å². The quantitative estimate of drug-likeness (QED) is 0.246. The minimum absolute atomic E-state index is 0.0463. The van der Waals surface area contributed by atoms with Crippen LogP contribution in [0, 0.1) is 5.41 Å². The Morgan fingerprint density at radius 3 is 1.70 bits per heavy atom. The molecule has 56 valence electrons. The lowest BCUT2D eigenvalue weighted by atomic mass is 9.76. The highest BCUT2D eigenvalue weighted by Crippen LogP contribution is 2.03. The first kappa shape index (κ1) is 9.19. The smallest absolute Gasteiger partial charge is 0.493 e. The van der Waals surface area contributed by atoms with Crippen LogP contribution in [0.25, 0.3) is 0 Å². The number of rotatable bonds is 2. The van der Waals surface area contributed by atoms with E-state index < -0.39 is 7.12 Å². The van der Waals surface area contributed by atoms with Gasteiger partial charge in [-0.25, -0.2) is 0 Å². The molecule has 0 saturated heterocycles. The molecule has 0 aromatic rings. The second-order valence-electron chi connectivity index (χ2n) is 2.00. The average molecular weight is 143 g/mol. The van der Waals surface area contributed by atoms with Crippen molar-refractivity contribution < 1.29 is 15.2 Å². The molecular formula is C5H10BNO3. The van der Waals surface area contributed by atoms with Crippen molar-refractivity contribution in [2.24, 2.45) is 0 Å². The molecule has 4 N–H and O–H groups in total. The van der Waals surface area contributed by atoms with E-state index in [1.165, 1.54) is 13.8 Å². The van der Waals surface area contributed by atoms with Crippen molar-refractivity contribution in [3.63, 3.8) is 0 Å². The van der Waals surface area contributed by atoms with Gasteiger partial charge in [0.15, 0.2) is 0 Å². The van der Waals surface area contributed by atoms with Crippen molar-refractivity contribution in [1.82, 2.24) is 0 Å². The summed E-state index contributed by atoms with van der Waals surface area (Å²) in [6.45, 7) is 2.67. The molecule has 0 heterocycles. The monoisotopic (exact) mass is 143 g/mol. The number of aliphatic hydroxyl groups excluding tert-OH is 1. The van der Waals surface area contributed by atoms with Gasteiger partial charge in [-0.2, -0.15) is 0 Å². The van der Waals surface area contributed by atoms with E-state index in [1.54, 1.807) is 0 Å². The second kappa shape index (κ2) is 3.38. The third kappa shape index (κ3) is 2.20. The minimum atomic E-state index is -1.76. The van der Waals surface area contributed by atoms with Crippen LogP contribution < -0.4 is 0 Å². The molecule has 0 rings (SSSR count). The molecule has 0 aromatic carbocycles. The Hall–Kier alpha value is -0.805. The van der Waals surface area contributed by atoms with Gasteiger partial charge in [0, 0.05) is 11.2 Å². The summed E-state index contributed by atoms with van der Waals surface area (Å²) in [5.74, 6) is -0.234. The normalized spacial score (nSPS) is 12.4. The molecule has 0 spiro atoms. The zero-order valence-corrected chi connectivity index (χ0v) is 5.92. The summed E-state index contributed by atoms with van der Waals surface area (Å²) in [6.07, 6.45) is 0. The summed E-state index contributed by atoms with van der Waals surface area (Å²) in [6, 6.07) is 0. The van der Waals surface area contributed by atoms with Crippen molar-refractivity contribution in [3.8, 4) is 0 Å². The topological polar surface area (TPSA) is 84.5 Å². The molecule has 0 aliphatic carbocycles. The highest BCUT2D eigenvalue weighted by atomic mass is 16.4. The molecule has 0 aliphatic rings. The molecule has 0 atom stereocenters. The standard InChI is InChI=1S/C5H10BNO3/c1-3(7)5(4(2)8)6(9)10/h7-10H,1-2H3/b5-4+,7-3?. The highest BCUT2D eigenvalue weighted by molar-refractivity contribution is 6.59. The van der Waals surface area contributed by atoms with Crippen LogP contribution in [0.5, 0.6) is 0 Å². The van der Waals surface area contributed by atoms with Crippen LogP contribution in [0.3, 0.4) is 0 Å². The van der Waals surface area contributed by atoms with Crippen molar-refractivity contribution in [2.75, 3.05) is 0 Å². The van der Waals surface area contributed by atoms with Crippen molar-refractivity contribution in [2.45, 2.75) is 13.8 Å². The summed E-state index contributed by atoms with van der Waals surface area (Å²) < 4.78 is 0. The summed E-state index contributed by atoms with van der Waals surface area (Å²) in [5, 5.41) is 32.8. The van der Waals surface area contributed by atoms with E-state index in [9.17, 15) is 0 Å². The van der Waals surface area contributed by atoms with Crippen molar-refractivity contribution >= 4 is 12.8 Å². The highest BCUT2D eigenvalue weighted by Gasteiger charge is 2.19. The van der Waals surface area contributed by atoms with Crippen LogP contribution in [-0.4, -0.2) is 28.0 Å². The largest absolute Gasteiger partial charge is 0.513 e. The zero-order chi connectivity index (χ0) is 8.31. The van der Waals surface area contributed by atoms with E-state index in [1.807, 2.05) is 0 Å². The Labute approximate surface area is 59.5 Å². The van der Waals surface area contributed by atoms with Crippen molar-refractivity contribution in [1.29, 1.82) is 5.41 Å². The molecule has 5 heteroatoms. The SMILES string of the molecule is CC(=N)/C(B(O)O)=C(/C)O. The number of hydrogen-bond acceptors (Lipinski definition) is 4. The van der Waals surface area contributed by atoms with Gasteiger partial charge in [-0.15, -0.1) is 0 Å². The molecule has 0 aromatic heterocycles. The maximum atomic E-state index is 8.77. The van der Waals surface area contributed by atoms with Gasteiger partial charge in [0.05, 0.1) is 5.76 Å². The van der Waals surface area contributed by atoms with Crippen LogP contribution in [0.1, 0.15) is 13.8 Å². The van der Waals surface area contributed by atoms with Gasteiger partial charge in [0.2, 0.25) is 0 Å². The number of nitrogens with one attached hydrogen (secondary N) is 1. The number of aliphatic hydroxyl groups is 1. The molecule has 0 unspecified atom stereocenters. The molecule has 0 radical (unpaired) electrons. The minimum Gasteiger partial charge on any atom is -0.513 e. The predicted octanol–water partition coefficient (Wildman–Crippen LogP) is -0.130. The Kier molecular flexibility index (Phi) is 3.11. The molecular weight excluding hydrogens is 133 g/mol. The fraction of sp³-hybridized carbons (Fsp3) is 0.400. The van der Waals surface area contributed by atoms with E-state index in [0.29, 0.717) is 0 Å². The first-order chi connectivity index (χ1) is 4.46. The molecule has 10 heavy (non-hydrogen) atoms. The molecule has 0 amide bonds. The van der Waals surface area contributed by atoms with E-state index >= 15 is 0 Å². The lowest BCUT2D eigenvalue weighted by Gasteiger charge is -2.03. The summed E-state index contributed by atoms with van der Waals surface area (Å²) >= 11 is 0. The van der Waals surface area contributed by atoms with Gasteiger partial charge in [-0.1, -0.05) is 0 Å². The Balaban J connectivity index is 4.61. The van der Waals surface area contributed by atoms with Gasteiger partial charge >= 0.3 is 7.12 Å². The predicted molar refractivity (Wildman–Crippen MR) is 38.9 cm³/mol. The maximum absolute atomic E-state index is 8.77. The van der Waals surface area contributed by atoms with Gasteiger partial charge in [-0.3, -0.25) is 0 Å². The third-order valence-electron chi connectivity index (χ3n) is 1.05. The Morgan fingerprint density at radius 2 is 1.70 bits per heavy atom. The summed E-state index contributed by atoms with van der Waals surface area (Å²) in [5.41, 5.74) is -0.185. The first-order valence-electron chi connectivity index (χ1n) is 2.78. The molecule has 0 aliphatic heterocycles. The van der Waals surface area contributed by atoms with Gasteiger partial charge < -0.3 is 20.6 Å². The van der Waals surface area contributed by atoms with Gasteiger partial charge in [0.25, 0.3) is 0 Å². The van der Waals surface area contributed by atoms with E-state index in [0.717, 1.165) is 0 Å². The summed E-state index contributed by atoms with van der Waals surface area (Å²) in [4.78, 5) is 0. The maximum Gasteiger partial charge on any atom is 0.493 e. The fourth-order valence-electron chi connectivity index (χ4n) is 0.652. The fourth-order valence-corrected chi connectivity index (χ4v) is 0.652. The van der Waals surface area contributed by atoms with E-state index in [-0.39, 0.29) is 16.9 Å². The van der Waals surface area contributed by atoms with E-state index in [2.05, 4.69) is 0 Å². The second-order valence-corrected chi connectivity index (χ2v) is 2.00. The Morgan fingerprint density at radius 1 is 1.30 bits per heavy atom. The average Bonchev–Trinajstić information content (AvgIpc) is 1.59. The summed E-state index contributed by atoms with van der Waals surface area (Å²) in [7, 11) is -1.76. The molecule has 0 fully saturated rings. The molecule has 4 nitrogen and oxygen atoms in total. The van der Waals surface area contributed by atoms with Crippen LogP contribution >= 0.6 is 0 Å². The molecule has 0 saturated carbocycles. The third-order valence-corrected chi connectivity index (χ3v) is 1.05. The Bertz CT molecular complexity index is 172.